The first-order chi connectivity index (χ1) is 8.28. The number of hydrogen-bond donors (Lipinski definition) is 1. The van der Waals surface area contributed by atoms with Gasteiger partial charge in [0.2, 0.25) is 0 Å². The molecule has 1 aromatic rings. The second-order valence-corrected chi connectivity index (χ2v) is 6.08. The van der Waals surface area contributed by atoms with Crippen molar-refractivity contribution in [2.75, 3.05) is 26.8 Å². The van der Waals surface area contributed by atoms with Gasteiger partial charge in [-0.2, -0.15) is 0 Å². The fourth-order valence-corrected chi connectivity index (χ4v) is 3.29. The van der Waals surface area contributed by atoms with Gasteiger partial charge < -0.3 is 15.4 Å². The highest BCUT2D eigenvalue weighted by Crippen LogP contribution is 2.20. The number of nitrogens with zero attached hydrogens (tertiary/aromatic N) is 1. The lowest BCUT2D eigenvalue weighted by atomic mass is 10.00. The first-order valence-corrected chi connectivity index (χ1v) is 7.13. The first kappa shape index (κ1) is 13.0. The molecule has 0 unspecified atom stereocenters. The van der Waals surface area contributed by atoms with Crippen molar-refractivity contribution < 1.29 is 4.74 Å². The van der Waals surface area contributed by atoms with E-state index in [1.807, 2.05) is 11.3 Å². The van der Waals surface area contributed by atoms with Gasteiger partial charge in [-0.3, -0.25) is 0 Å². The van der Waals surface area contributed by atoms with Crippen LogP contribution in [0.15, 0.2) is 12.1 Å². The molecule has 0 spiro atoms. The molecule has 2 N–H and O–H groups in total. The maximum absolute atomic E-state index is 5.63. The third-order valence-corrected chi connectivity index (χ3v) is 4.35. The predicted molar refractivity (Wildman–Crippen MR) is 72.1 cm³/mol. The second-order valence-electron chi connectivity index (χ2n) is 4.82. The molecule has 0 aliphatic carbocycles. The maximum atomic E-state index is 5.63. The maximum Gasteiger partial charge on any atom is 0.0469 e. The quantitative estimate of drug-likeness (QED) is 0.874. The smallest absolute Gasteiger partial charge is 0.0469 e. The Morgan fingerprint density at radius 2 is 2.06 bits per heavy atom. The Kier molecular flexibility index (Phi) is 4.98. The minimum Gasteiger partial charge on any atom is -0.381 e. The summed E-state index contributed by atoms with van der Waals surface area (Å²) in [7, 11) is 2.21. The van der Waals surface area contributed by atoms with Crippen molar-refractivity contribution in [2.24, 2.45) is 11.7 Å². The Morgan fingerprint density at radius 1 is 1.35 bits per heavy atom. The van der Waals surface area contributed by atoms with E-state index in [1.165, 1.54) is 29.1 Å². The summed E-state index contributed by atoms with van der Waals surface area (Å²) in [5, 5.41) is 0. The van der Waals surface area contributed by atoms with Gasteiger partial charge in [0.05, 0.1) is 0 Å². The minimum atomic E-state index is 0.661. The number of rotatable bonds is 5. The van der Waals surface area contributed by atoms with Crippen molar-refractivity contribution >= 4 is 11.3 Å². The zero-order valence-corrected chi connectivity index (χ0v) is 11.3. The molecule has 0 aromatic carbocycles. The van der Waals surface area contributed by atoms with Gasteiger partial charge in [0.15, 0.2) is 0 Å². The summed E-state index contributed by atoms with van der Waals surface area (Å²) < 4.78 is 5.39. The molecule has 1 fully saturated rings. The highest BCUT2D eigenvalue weighted by atomic mass is 32.1. The van der Waals surface area contributed by atoms with Crippen molar-refractivity contribution in [2.45, 2.75) is 25.9 Å². The molecule has 0 atom stereocenters. The largest absolute Gasteiger partial charge is 0.381 e. The van der Waals surface area contributed by atoms with E-state index in [9.17, 15) is 0 Å². The molecule has 2 heterocycles. The molecule has 0 saturated carbocycles. The molecule has 4 heteroatoms. The lowest BCUT2D eigenvalue weighted by Crippen LogP contribution is -2.29. The standard InChI is InChI=1S/C13H22N2OS/c1-15(9-11-4-6-16-7-5-11)10-13-3-2-12(8-14)17-13/h2-3,11H,4-10,14H2,1H3. The van der Waals surface area contributed by atoms with E-state index in [4.69, 9.17) is 10.5 Å². The molecule has 3 nitrogen and oxygen atoms in total. The zero-order chi connectivity index (χ0) is 12.1. The van der Waals surface area contributed by atoms with E-state index in [1.54, 1.807) is 0 Å². The topological polar surface area (TPSA) is 38.5 Å². The fraction of sp³-hybridized carbons (Fsp3) is 0.692. The lowest BCUT2D eigenvalue weighted by molar-refractivity contribution is 0.0550. The minimum absolute atomic E-state index is 0.661. The Bertz CT molecular complexity index is 334. The highest BCUT2D eigenvalue weighted by Gasteiger charge is 2.16. The number of thiophene rings is 1. The summed E-state index contributed by atoms with van der Waals surface area (Å²) in [6.45, 7) is 4.76. The molecular formula is C13H22N2OS. The highest BCUT2D eigenvalue weighted by molar-refractivity contribution is 7.11. The Labute approximate surface area is 108 Å². The summed E-state index contributed by atoms with van der Waals surface area (Å²) in [4.78, 5) is 5.11. The Hall–Kier alpha value is -0.420. The van der Waals surface area contributed by atoms with Crippen molar-refractivity contribution in [1.82, 2.24) is 4.90 Å². The normalized spacial score (nSPS) is 17.8. The Balaban J connectivity index is 1.77. The van der Waals surface area contributed by atoms with Gasteiger partial charge in [-0.05, 0) is 37.9 Å². The van der Waals surface area contributed by atoms with Crippen LogP contribution in [0.5, 0.6) is 0 Å². The molecule has 0 amide bonds. The SMILES string of the molecule is CN(Cc1ccc(CN)s1)CC1CCOCC1. The van der Waals surface area contributed by atoms with Crippen LogP contribution in [0.25, 0.3) is 0 Å². The Morgan fingerprint density at radius 3 is 2.71 bits per heavy atom. The summed E-state index contributed by atoms with van der Waals surface area (Å²) in [6, 6.07) is 4.34. The van der Waals surface area contributed by atoms with Crippen LogP contribution >= 0.6 is 11.3 Å². The van der Waals surface area contributed by atoms with Crippen LogP contribution in [0.4, 0.5) is 0 Å². The van der Waals surface area contributed by atoms with Crippen molar-refractivity contribution in [3.8, 4) is 0 Å². The second kappa shape index (κ2) is 6.50. The summed E-state index contributed by atoms with van der Waals surface area (Å²) >= 11 is 1.83. The van der Waals surface area contributed by atoms with Crippen LogP contribution in [0.1, 0.15) is 22.6 Å². The van der Waals surface area contributed by atoms with Gasteiger partial charge in [-0.25, -0.2) is 0 Å². The monoisotopic (exact) mass is 254 g/mol. The van der Waals surface area contributed by atoms with Gasteiger partial charge in [0.1, 0.15) is 0 Å². The number of hydrogen-bond acceptors (Lipinski definition) is 4. The van der Waals surface area contributed by atoms with Crippen LogP contribution in [-0.2, 0) is 17.8 Å². The van der Waals surface area contributed by atoms with E-state index >= 15 is 0 Å². The lowest BCUT2D eigenvalue weighted by Gasteiger charge is -2.26. The number of ether oxygens (including phenoxy) is 1. The molecule has 0 bridgehead atoms. The van der Waals surface area contributed by atoms with Crippen molar-refractivity contribution in [3.05, 3.63) is 21.9 Å². The molecule has 96 valence electrons. The van der Waals surface area contributed by atoms with Crippen LogP contribution in [0.3, 0.4) is 0 Å². The molecule has 17 heavy (non-hydrogen) atoms. The number of nitrogens with two attached hydrogens (primary N) is 1. The molecule has 1 aromatic heterocycles. The van der Waals surface area contributed by atoms with Crippen LogP contribution < -0.4 is 5.73 Å². The van der Waals surface area contributed by atoms with Gasteiger partial charge in [-0.15, -0.1) is 11.3 Å². The van der Waals surface area contributed by atoms with E-state index in [0.717, 1.165) is 25.7 Å². The first-order valence-electron chi connectivity index (χ1n) is 6.32. The van der Waals surface area contributed by atoms with E-state index in [-0.39, 0.29) is 0 Å². The van der Waals surface area contributed by atoms with Crippen molar-refractivity contribution in [1.29, 1.82) is 0 Å². The molecular weight excluding hydrogens is 232 g/mol. The van der Waals surface area contributed by atoms with Gasteiger partial charge >= 0.3 is 0 Å². The van der Waals surface area contributed by atoms with Crippen LogP contribution in [0, 0.1) is 5.92 Å². The molecule has 0 radical (unpaired) electrons. The van der Waals surface area contributed by atoms with E-state index in [2.05, 4.69) is 24.1 Å². The molecule has 1 aliphatic heterocycles. The fourth-order valence-electron chi connectivity index (χ4n) is 2.32. The molecule has 1 saturated heterocycles. The third-order valence-electron chi connectivity index (χ3n) is 3.25. The summed E-state index contributed by atoms with van der Waals surface area (Å²) in [5.74, 6) is 0.808. The summed E-state index contributed by atoms with van der Waals surface area (Å²) in [6.07, 6.45) is 2.42. The van der Waals surface area contributed by atoms with E-state index in [0.29, 0.717) is 6.54 Å². The van der Waals surface area contributed by atoms with Gasteiger partial charge in [-0.1, -0.05) is 0 Å². The average Bonchev–Trinajstić information content (AvgIpc) is 2.78. The van der Waals surface area contributed by atoms with Gasteiger partial charge in [0, 0.05) is 42.6 Å². The molecule has 2 rings (SSSR count). The van der Waals surface area contributed by atoms with E-state index < -0.39 is 0 Å². The van der Waals surface area contributed by atoms with Crippen LogP contribution in [-0.4, -0.2) is 31.7 Å². The van der Waals surface area contributed by atoms with Crippen LogP contribution in [0.2, 0.25) is 0 Å². The third kappa shape index (κ3) is 4.07. The zero-order valence-electron chi connectivity index (χ0n) is 10.5. The summed E-state index contributed by atoms with van der Waals surface area (Å²) in [5.41, 5.74) is 5.63. The molecule has 1 aliphatic rings. The predicted octanol–water partition coefficient (Wildman–Crippen LogP) is 2.07. The van der Waals surface area contributed by atoms with Crippen molar-refractivity contribution in [3.63, 3.8) is 0 Å². The average molecular weight is 254 g/mol. The van der Waals surface area contributed by atoms with Gasteiger partial charge in [0.25, 0.3) is 0 Å².